The third-order valence-corrected chi connectivity index (χ3v) is 4.80. The fraction of sp³-hybridized carbons (Fsp3) is 1.00. The van der Waals surface area contributed by atoms with Gasteiger partial charge in [-0.2, -0.15) is 0 Å². The summed E-state index contributed by atoms with van der Waals surface area (Å²) < 4.78 is 0. The van der Waals surface area contributed by atoms with Gasteiger partial charge in [0.2, 0.25) is 0 Å². The summed E-state index contributed by atoms with van der Waals surface area (Å²) in [6.45, 7) is 4.34. The van der Waals surface area contributed by atoms with Crippen LogP contribution < -0.4 is 0 Å². The van der Waals surface area contributed by atoms with Gasteiger partial charge in [-0.15, -0.1) is 0 Å². The van der Waals surface area contributed by atoms with E-state index in [4.69, 9.17) is 0 Å². The predicted octanol–water partition coefficient (Wildman–Crippen LogP) is 2.09. The van der Waals surface area contributed by atoms with Crippen molar-refractivity contribution in [3.8, 4) is 0 Å². The molecule has 2 fully saturated rings. The Morgan fingerprint density at radius 1 is 1.21 bits per heavy atom. The predicted molar refractivity (Wildman–Crippen MR) is 55.9 cm³/mol. The normalized spacial score (nSPS) is 54.0. The minimum absolute atomic E-state index is 0.0594. The summed E-state index contributed by atoms with van der Waals surface area (Å²) in [7, 11) is 0. The number of rotatable bonds is 0. The molecule has 0 saturated heterocycles. The molecule has 2 N–H and O–H groups in total. The molecule has 14 heavy (non-hydrogen) atoms. The van der Waals surface area contributed by atoms with Gasteiger partial charge >= 0.3 is 0 Å². The van der Waals surface area contributed by atoms with Gasteiger partial charge in [-0.1, -0.05) is 20.3 Å². The number of aliphatic hydroxyl groups excluding tert-OH is 1. The van der Waals surface area contributed by atoms with Crippen molar-refractivity contribution >= 4 is 0 Å². The molecule has 2 saturated carbocycles. The van der Waals surface area contributed by atoms with Crippen LogP contribution in [0, 0.1) is 11.3 Å². The van der Waals surface area contributed by atoms with Crippen molar-refractivity contribution in [2.24, 2.45) is 11.3 Å². The second kappa shape index (κ2) is 3.21. The molecule has 0 aliphatic heterocycles. The van der Waals surface area contributed by atoms with Crippen molar-refractivity contribution in [1.29, 1.82) is 0 Å². The quantitative estimate of drug-likeness (QED) is 0.625. The van der Waals surface area contributed by atoms with E-state index in [9.17, 15) is 10.2 Å². The van der Waals surface area contributed by atoms with Crippen molar-refractivity contribution in [1.82, 2.24) is 0 Å². The molecule has 0 aromatic carbocycles. The topological polar surface area (TPSA) is 40.5 Å². The highest BCUT2D eigenvalue weighted by Gasteiger charge is 2.54. The van der Waals surface area contributed by atoms with Crippen molar-refractivity contribution < 1.29 is 10.2 Å². The van der Waals surface area contributed by atoms with Gasteiger partial charge < -0.3 is 10.2 Å². The first-order chi connectivity index (χ1) is 6.48. The molecule has 0 spiro atoms. The first kappa shape index (κ1) is 10.4. The molecule has 0 radical (unpaired) electrons. The highest BCUT2D eigenvalue weighted by Crippen LogP contribution is 2.55. The molecule has 2 aliphatic rings. The van der Waals surface area contributed by atoms with E-state index >= 15 is 0 Å². The molecule has 2 aliphatic carbocycles. The molecule has 0 aromatic rings. The lowest BCUT2D eigenvalue weighted by atomic mass is 9.53. The lowest BCUT2D eigenvalue weighted by Gasteiger charge is -2.56. The van der Waals surface area contributed by atoms with Crippen molar-refractivity contribution in [3.63, 3.8) is 0 Å². The van der Waals surface area contributed by atoms with Crippen molar-refractivity contribution in [2.45, 2.75) is 64.1 Å². The summed E-state index contributed by atoms with van der Waals surface area (Å²) >= 11 is 0. The Morgan fingerprint density at radius 3 is 2.64 bits per heavy atom. The molecule has 0 bridgehead atoms. The van der Waals surface area contributed by atoms with Gasteiger partial charge in [-0.25, -0.2) is 0 Å². The SMILES string of the molecule is C[C@H]1CCC[C@]2(C)CC[C@@H](O)C[C@@]12O. The van der Waals surface area contributed by atoms with Gasteiger partial charge in [0.15, 0.2) is 0 Å². The molecule has 2 rings (SSSR count). The van der Waals surface area contributed by atoms with E-state index in [1.165, 1.54) is 6.42 Å². The van der Waals surface area contributed by atoms with E-state index in [1.807, 2.05) is 0 Å². The van der Waals surface area contributed by atoms with Crippen LogP contribution in [0.1, 0.15) is 52.4 Å². The zero-order valence-corrected chi connectivity index (χ0v) is 9.29. The maximum Gasteiger partial charge on any atom is 0.0751 e. The molecule has 0 amide bonds. The maximum absolute atomic E-state index is 10.7. The monoisotopic (exact) mass is 198 g/mol. The van der Waals surface area contributed by atoms with Gasteiger partial charge in [0, 0.05) is 6.42 Å². The van der Waals surface area contributed by atoms with E-state index in [-0.39, 0.29) is 11.5 Å². The van der Waals surface area contributed by atoms with Gasteiger partial charge in [0.05, 0.1) is 11.7 Å². The van der Waals surface area contributed by atoms with Crippen LogP contribution in [0.2, 0.25) is 0 Å². The standard InChI is InChI=1S/C12H22O2/c1-9-4-3-6-11(2)7-5-10(13)8-12(9,11)14/h9-10,13-14H,3-8H2,1-2H3/t9-,10+,11+,12+/m0/s1. The molecule has 0 aromatic heterocycles. The average Bonchev–Trinajstić information content (AvgIpc) is 2.11. The minimum Gasteiger partial charge on any atom is -0.393 e. The summed E-state index contributed by atoms with van der Waals surface area (Å²) in [5.41, 5.74) is -0.549. The van der Waals surface area contributed by atoms with Gasteiger partial charge in [-0.3, -0.25) is 0 Å². The summed E-state index contributed by atoms with van der Waals surface area (Å²) in [6.07, 6.45) is 5.62. The molecule has 0 unspecified atom stereocenters. The molecule has 4 atom stereocenters. The van der Waals surface area contributed by atoms with Crippen LogP contribution in [0.15, 0.2) is 0 Å². The van der Waals surface area contributed by atoms with E-state index in [0.717, 1.165) is 25.7 Å². The Hall–Kier alpha value is -0.0800. The minimum atomic E-state index is -0.608. The summed E-state index contributed by atoms with van der Waals surface area (Å²) in [5.74, 6) is 0.344. The van der Waals surface area contributed by atoms with E-state index < -0.39 is 5.60 Å². The smallest absolute Gasteiger partial charge is 0.0751 e. The Kier molecular flexibility index (Phi) is 2.39. The average molecular weight is 198 g/mol. The number of aliphatic hydroxyl groups is 2. The van der Waals surface area contributed by atoms with E-state index in [0.29, 0.717) is 12.3 Å². The Balaban J connectivity index is 2.27. The highest BCUT2D eigenvalue weighted by atomic mass is 16.3. The molecule has 2 heteroatoms. The van der Waals surface area contributed by atoms with Gasteiger partial charge in [-0.05, 0) is 37.0 Å². The molecular weight excluding hydrogens is 176 g/mol. The number of hydrogen-bond acceptors (Lipinski definition) is 2. The zero-order valence-electron chi connectivity index (χ0n) is 9.29. The van der Waals surface area contributed by atoms with Crippen LogP contribution in [0.3, 0.4) is 0 Å². The number of hydrogen-bond donors (Lipinski definition) is 2. The van der Waals surface area contributed by atoms with Crippen LogP contribution in [-0.2, 0) is 0 Å². The van der Waals surface area contributed by atoms with Gasteiger partial charge in [0.25, 0.3) is 0 Å². The molecule has 0 heterocycles. The first-order valence-corrected chi connectivity index (χ1v) is 5.88. The molecular formula is C12H22O2. The third kappa shape index (κ3) is 1.31. The first-order valence-electron chi connectivity index (χ1n) is 5.88. The molecule has 2 nitrogen and oxygen atoms in total. The summed E-state index contributed by atoms with van der Waals surface area (Å²) in [5, 5.41) is 20.4. The van der Waals surface area contributed by atoms with Crippen LogP contribution in [0.4, 0.5) is 0 Å². The lowest BCUT2D eigenvalue weighted by molar-refractivity contribution is -0.187. The summed E-state index contributed by atoms with van der Waals surface area (Å²) in [6, 6.07) is 0. The van der Waals surface area contributed by atoms with Crippen LogP contribution in [-0.4, -0.2) is 21.9 Å². The Labute approximate surface area is 86.3 Å². The fourth-order valence-electron chi connectivity index (χ4n) is 3.58. The second-order valence-electron chi connectivity index (χ2n) is 5.67. The Morgan fingerprint density at radius 2 is 1.93 bits per heavy atom. The van der Waals surface area contributed by atoms with Gasteiger partial charge in [0.1, 0.15) is 0 Å². The summed E-state index contributed by atoms with van der Waals surface area (Å²) in [4.78, 5) is 0. The van der Waals surface area contributed by atoms with Crippen LogP contribution >= 0.6 is 0 Å². The second-order valence-corrected chi connectivity index (χ2v) is 5.67. The third-order valence-electron chi connectivity index (χ3n) is 4.80. The highest BCUT2D eigenvalue weighted by molar-refractivity contribution is 5.06. The van der Waals surface area contributed by atoms with Crippen LogP contribution in [0.5, 0.6) is 0 Å². The van der Waals surface area contributed by atoms with Crippen LogP contribution in [0.25, 0.3) is 0 Å². The molecule has 82 valence electrons. The van der Waals surface area contributed by atoms with Crippen molar-refractivity contribution in [3.05, 3.63) is 0 Å². The largest absolute Gasteiger partial charge is 0.393 e. The fourth-order valence-corrected chi connectivity index (χ4v) is 3.58. The lowest BCUT2D eigenvalue weighted by Crippen LogP contribution is -2.58. The van der Waals surface area contributed by atoms with Crippen molar-refractivity contribution in [2.75, 3.05) is 0 Å². The number of fused-ring (bicyclic) bond motifs is 1. The maximum atomic E-state index is 10.7. The zero-order chi connectivity index (χ0) is 10.4. The van der Waals surface area contributed by atoms with E-state index in [1.54, 1.807) is 0 Å². The van der Waals surface area contributed by atoms with E-state index in [2.05, 4.69) is 13.8 Å². The Bertz CT molecular complexity index is 228.